The van der Waals surface area contributed by atoms with Crippen LogP contribution in [0.2, 0.25) is 0 Å². The maximum Gasteiger partial charge on any atom is 0.329 e. The van der Waals surface area contributed by atoms with E-state index in [0.29, 0.717) is 12.8 Å². The van der Waals surface area contributed by atoms with Crippen molar-refractivity contribution in [3.8, 4) is 0 Å². The van der Waals surface area contributed by atoms with E-state index >= 15 is 0 Å². The molecule has 0 bridgehead atoms. The number of carbonyl (C=O) groups is 2. The fraction of sp³-hybridized carbons (Fsp3) is 0.800. The molecule has 2 N–H and O–H groups in total. The van der Waals surface area contributed by atoms with Crippen LogP contribution in [-0.4, -0.2) is 55.1 Å². The number of carboxylic acid groups (broad SMARTS) is 1. The number of likely N-dealkylation sites (N-methyl/N-ethyl adjacent to an activating group) is 1. The van der Waals surface area contributed by atoms with Crippen molar-refractivity contribution in [3.63, 3.8) is 0 Å². The van der Waals surface area contributed by atoms with Crippen molar-refractivity contribution in [1.29, 1.82) is 0 Å². The average Bonchev–Trinajstić information content (AvgIpc) is 2.65. The third-order valence-corrected chi connectivity index (χ3v) is 4.44. The molecule has 0 spiro atoms. The number of carbonyl (C=O) groups excluding carboxylic acids is 1. The third kappa shape index (κ3) is 3.42. The summed E-state index contributed by atoms with van der Waals surface area (Å²) in [6, 6.07) is 0. The molecule has 1 saturated carbocycles. The zero-order chi connectivity index (χ0) is 14.0. The molecule has 0 aromatic rings. The lowest BCUT2D eigenvalue weighted by Crippen LogP contribution is -2.54. The molecule has 0 aliphatic heterocycles. The van der Waals surface area contributed by atoms with E-state index in [1.54, 1.807) is 0 Å². The number of sulfonamides is 1. The number of hydrogen-bond acceptors (Lipinski definition) is 4. The molecule has 8 heteroatoms. The Bertz CT molecular complexity index is 439. The molecule has 0 aromatic carbocycles. The molecule has 104 valence electrons. The van der Waals surface area contributed by atoms with Crippen molar-refractivity contribution in [2.75, 3.05) is 19.8 Å². The van der Waals surface area contributed by atoms with Gasteiger partial charge >= 0.3 is 5.97 Å². The molecule has 7 nitrogen and oxygen atoms in total. The van der Waals surface area contributed by atoms with Crippen molar-refractivity contribution in [1.82, 2.24) is 9.62 Å². The Balaban J connectivity index is 2.67. The number of nitrogens with zero attached hydrogens (tertiary/aromatic N) is 1. The lowest BCUT2D eigenvalue weighted by Gasteiger charge is -2.26. The second-order valence-electron chi connectivity index (χ2n) is 4.66. The standard InChI is InChI=1S/C10H18N2O5S/c1-12(18(2,16)17)7-8(13)11-10(9(14)15)5-3-4-6-10/h3-7H2,1-2H3,(H,11,13)(H,14,15). The number of hydrogen-bond donors (Lipinski definition) is 2. The highest BCUT2D eigenvalue weighted by Crippen LogP contribution is 2.29. The number of rotatable bonds is 5. The normalized spacial score (nSPS) is 18.8. The Morgan fingerprint density at radius 3 is 2.22 bits per heavy atom. The van der Waals surface area contributed by atoms with Crippen LogP contribution < -0.4 is 5.32 Å². The third-order valence-electron chi connectivity index (χ3n) is 3.18. The van der Waals surface area contributed by atoms with Gasteiger partial charge in [0.1, 0.15) is 5.54 Å². The van der Waals surface area contributed by atoms with Crippen LogP contribution in [0.1, 0.15) is 25.7 Å². The molecule has 0 atom stereocenters. The monoisotopic (exact) mass is 278 g/mol. The molecule has 1 fully saturated rings. The largest absolute Gasteiger partial charge is 0.480 e. The highest BCUT2D eigenvalue weighted by molar-refractivity contribution is 7.88. The minimum absolute atomic E-state index is 0.367. The maximum absolute atomic E-state index is 11.7. The van der Waals surface area contributed by atoms with Crippen LogP contribution in [0.5, 0.6) is 0 Å². The van der Waals surface area contributed by atoms with E-state index in [9.17, 15) is 18.0 Å². The first-order chi connectivity index (χ1) is 8.17. The van der Waals surface area contributed by atoms with Gasteiger partial charge in [-0.25, -0.2) is 13.2 Å². The summed E-state index contributed by atoms with van der Waals surface area (Å²) in [5, 5.41) is 11.6. The van der Waals surface area contributed by atoms with Crippen molar-refractivity contribution < 1.29 is 23.1 Å². The van der Waals surface area contributed by atoms with Gasteiger partial charge in [-0.15, -0.1) is 0 Å². The van der Waals surface area contributed by atoms with E-state index in [1.165, 1.54) is 7.05 Å². The van der Waals surface area contributed by atoms with Gasteiger partial charge in [-0.3, -0.25) is 4.79 Å². The van der Waals surface area contributed by atoms with E-state index in [-0.39, 0.29) is 6.54 Å². The number of nitrogens with one attached hydrogen (secondary N) is 1. The minimum atomic E-state index is -3.45. The summed E-state index contributed by atoms with van der Waals surface area (Å²) in [5.74, 6) is -1.65. The van der Waals surface area contributed by atoms with Crippen LogP contribution in [-0.2, 0) is 19.6 Å². The number of amides is 1. The molecule has 0 saturated heterocycles. The zero-order valence-corrected chi connectivity index (χ0v) is 11.3. The fourth-order valence-electron chi connectivity index (χ4n) is 2.00. The molecule has 0 heterocycles. The zero-order valence-electron chi connectivity index (χ0n) is 10.5. The van der Waals surface area contributed by atoms with Gasteiger partial charge in [0.05, 0.1) is 12.8 Å². The number of aliphatic carboxylic acids is 1. The molecule has 1 aliphatic carbocycles. The molecule has 0 unspecified atom stereocenters. The molecular formula is C10H18N2O5S. The molecule has 0 aromatic heterocycles. The van der Waals surface area contributed by atoms with Gasteiger partial charge in [-0.05, 0) is 12.8 Å². The van der Waals surface area contributed by atoms with E-state index < -0.39 is 27.4 Å². The highest BCUT2D eigenvalue weighted by atomic mass is 32.2. The Morgan fingerprint density at radius 2 is 1.83 bits per heavy atom. The lowest BCUT2D eigenvalue weighted by molar-refractivity contribution is -0.147. The van der Waals surface area contributed by atoms with Gasteiger partial charge in [-0.2, -0.15) is 4.31 Å². The van der Waals surface area contributed by atoms with Crippen LogP contribution in [0.3, 0.4) is 0 Å². The predicted octanol–water partition coefficient (Wildman–Crippen LogP) is -0.609. The smallest absolute Gasteiger partial charge is 0.329 e. The summed E-state index contributed by atoms with van der Waals surface area (Å²) in [6.07, 6.45) is 3.25. The minimum Gasteiger partial charge on any atom is -0.480 e. The van der Waals surface area contributed by atoms with Gasteiger partial charge in [0.15, 0.2) is 0 Å². The van der Waals surface area contributed by atoms with Gasteiger partial charge < -0.3 is 10.4 Å². The molecule has 1 amide bonds. The molecule has 1 aliphatic rings. The summed E-state index contributed by atoms with van der Waals surface area (Å²) >= 11 is 0. The summed E-state index contributed by atoms with van der Waals surface area (Å²) in [4.78, 5) is 22.9. The van der Waals surface area contributed by atoms with Gasteiger partial charge in [0.2, 0.25) is 15.9 Å². The maximum atomic E-state index is 11.7. The second kappa shape index (κ2) is 5.23. The first-order valence-electron chi connectivity index (χ1n) is 5.63. The Labute approximate surface area is 106 Å². The molecule has 1 rings (SSSR count). The van der Waals surface area contributed by atoms with E-state index in [0.717, 1.165) is 23.4 Å². The first kappa shape index (κ1) is 14.9. The highest BCUT2D eigenvalue weighted by Gasteiger charge is 2.42. The van der Waals surface area contributed by atoms with Crippen LogP contribution in [0.25, 0.3) is 0 Å². The van der Waals surface area contributed by atoms with Crippen molar-refractivity contribution in [3.05, 3.63) is 0 Å². The van der Waals surface area contributed by atoms with Crippen LogP contribution in [0.15, 0.2) is 0 Å². The van der Waals surface area contributed by atoms with Crippen molar-refractivity contribution >= 4 is 21.9 Å². The topological polar surface area (TPSA) is 104 Å². The van der Waals surface area contributed by atoms with Crippen LogP contribution in [0.4, 0.5) is 0 Å². The van der Waals surface area contributed by atoms with E-state index in [2.05, 4.69) is 5.32 Å². The summed E-state index contributed by atoms with van der Waals surface area (Å²) in [6.45, 7) is -0.367. The van der Waals surface area contributed by atoms with Crippen LogP contribution >= 0.6 is 0 Å². The van der Waals surface area contributed by atoms with E-state index in [1.807, 2.05) is 0 Å². The molecule has 18 heavy (non-hydrogen) atoms. The summed E-state index contributed by atoms with van der Waals surface area (Å²) < 4.78 is 23.2. The summed E-state index contributed by atoms with van der Waals surface area (Å²) in [7, 11) is -2.17. The number of carboxylic acids is 1. The lowest BCUT2D eigenvalue weighted by atomic mass is 9.98. The van der Waals surface area contributed by atoms with Gasteiger partial charge in [0.25, 0.3) is 0 Å². The quantitative estimate of drug-likeness (QED) is 0.698. The summed E-state index contributed by atoms with van der Waals surface area (Å²) in [5.41, 5.74) is -1.23. The predicted molar refractivity (Wildman–Crippen MR) is 64.5 cm³/mol. The SMILES string of the molecule is CN(CC(=O)NC1(C(=O)O)CCCC1)S(C)(=O)=O. The fourth-order valence-corrected chi connectivity index (χ4v) is 2.35. The van der Waals surface area contributed by atoms with Crippen molar-refractivity contribution in [2.24, 2.45) is 0 Å². The average molecular weight is 278 g/mol. The van der Waals surface area contributed by atoms with Gasteiger partial charge in [-0.1, -0.05) is 12.8 Å². The van der Waals surface area contributed by atoms with Crippen molar-refractivity contribution in [2.45, 2.75) is 31.2 Å². The van der Waals surface area contributed by atoms with Gasteiger partial charge in [0, 0.05) is 7.05 Å². The second-order valence-corrected chi connectivity index (χ2v) is 6.75. The molecular weight excluding hydrogens is 260 g/mol. The Hall–Kier alpha value is -1.15. The van der Waals surface area contributed by atoms with E-state index in [4.69, 9.17) is 5.11 Å². The first-order valence-corrected chi connectivity index (χ1v) is 7.48. The Morgan fingerprint density at radius 1 is 1.33 bits per heavy atom. The Kier molecular flexibility index (Phi) is 4.33. The molecule has 0 radical (unpaired) electrons. The van der Waals surface area contributed by atoms with Crippen LogP contribution in [0, 0.1) is 0 Å².